The molecule has 27 heavy (non-hydrogen) atoms. The molecule has 0 heterocycles. The number of carbonyl (C=O) groups excluding carboxylic acids is 3. The van der Waals surface area contributed by atoms with Gasteiger partial charge in [0, 0.05) is 25.2 Å². The van der Waals surface area contributed by atoms with E-state index in [9.17, 15) is 14.4 Å². The Bertz CT molecular complexity index is 661. The van der Waals surface area contributed by atoms with Crippen LogP contribution in [0.4, 0.5) is 10.5 Å². The smallest absolute Gasteiger partial charge is 0.407 e. The molecule has 0 saturated carbocycles. The van der Waals surface area contributed by atoms with E-state index in [2.05, 4.69) is 16.0 Å². The Hall–Kier alpha value is -2.83. The summed E-state index contributed by atoms with van der Waals surface area (Å²) in [5.74, 6) is -0.344. The van der Waals surface area contributed by atoms with Gasteiger partial charge in [-0.05, 0) is 51.0 Å². The number of hydrogen-bond donors (Lipinski definition) is 3. The summed E-state index contributed by atoms with van der Waals surface area (Å²) in [5.41, 5.74) is 1.03. The number of alkyl carbamates (subject to hydrolysis) is 1. The quantitative estimate of drug-likeness (QED) is 0.608. The molecule has 0 radical (unpaired) electrons. The van der Waals surface area contributed by atoms with Gasteiger partial charge in [0.1, 0.15) is 5.60 Å². The predicted octanol–water partition coefficient (Wildman–Crippen LogP) is 3.12. The molecule has 3 amide bonds. The lowest BCUT2D eigenvalue weighted by Gasteiger charge is -2.19. The Labute approximate surface area is 160 Å². The van der Waals surface area contributed by atoms with Crippen LogP contribution in [0.15, 0.2) is 36.4 Å². The molecule has 0 aliphatic rings. The molecule has 0 fully saturated rings. The Morgan fingerprint density at radius 2 is 1.74 bits per heavy atom. The highest BCUT2D eigenvalue weighted by molar-refractivity contribution is 5.99. The normalized spacial score (nSPS) is 11.1. The third-order valence-electron chi connectivity index (χ3n) is 3.24. The molecule has 7 heteroatoms. The van der Waals surface area contributed by atoms with E-state index in [1.807, 2.05) is 19.1 Å². The Kier molecular flexibility index (Phi) is 9.05. The van der Waals surface area contributed by atoms with E-state index in [1.54, 1.807) is 39.0 Å². The third kappa shape index (κ3) is 10.7. The molecule has 0 spiro atoms. The molecule has 7 nitrogen and oxygen atoms in total. The predicted molar refractivity (Wildman–Crippen MR) is 105 cm³/mol. The average molecular weight is 375 g/mol. The van der Waals surface area contributed by atoms with E-state index in [-0.39, 0.29) is 24.8 Å². The minimum atomic E-state index is -0.565. The number of amides is 3. The first-order valence-electron chi connectivity index (χ1n) is 8.99. The zero-order valence-electron chi connectivity index (χ0n) is 16.4. The molecule has 0 saturated heterocycles. The van der Waals surface area contributed by atoms with Crippen molar-refractivity contribution in [3.05, 3.63) is 42.0 Å². The standard InChI is InChI=1S/C20H29N3O4/c1-5-6-7-18(25)23-16-10-8-15(9-11-16)14-22-17(24)12-13-21-19(26)27-20(2,3)4/h6-11H,5,12-14H2,1-4H3,(H,21,26)(H,22,24)(H,23,25)/b7-6+. The van der Waals surface area contributed by atoms with Crippen molar-refractivity contribution in [3.63, 3.8) is 0 Å². The van der Waals surface area contributed by atoms with Crippen LogP contribution >= 0.6 is 0 Å². The van der Waals surface area contributed by atoms with E-state index in [1.165, 1.54) is 6.08 Å². The fourth-order valence-corrected chi connectivity index (χ4v) is 2.00. The van der Waals surface area contributed by atoms with Gasteiger partial charge in [-0.1, -0.05) is 25.1 Å². The number of hydrogen-bond acceptors (Lipinski definition) is 4. The first kappa shape index (κ1) is 22.2. The number of nitrogens with one attached hydrogen (secondary N) is 3. The fraction of sp³-hybridized carbons (Fsp3) is 0.450. The van der Waals surface area contributed by atoms with Crippen LogP contribution in [0.5, 0.6) is 0 Å². The molecular formula is C20H29N3O4. The van der Waals surface area contributed by atoms with Gasteiger partial charge < -0.3 is 20.7 Å². The van der Waals surface area contributed by atoms with Crippen molar-refractivity contribution < 1.29 is 19.1 Å². The van der Waals surface area contributed by atoms with Crippen LogP contribution in [0.25, 0.3) is 0 Å². The highest BCUT2D eigenvalue weighted by atomic mass is 16.6. The van der Waals surface area contributed by atoms with Crippen molar-refractivity contribution in [2.45, 2.75) is 52.7 Å². The summed E-state index contributed by atoms with van der Waals surface area (Å²) in [7, 11) is 0. The topological polar surface area (TPSA) is 96.5 Å². The molecule has 0 bridgehead atoms. The summed E-state index contributed by atoms with van der Waals surface area (Å²) in [4.78, 5) is 34.9. The van der Waals surface area contributed by atoms with Crippen molar-refractivity contribution in [1.82, 2.24) is 10.6 Å². The van der Waals surface area contributed by atoms with Crippen LogP contribution in [0, 0.1) is 0 Å². The second kappa shape index (κ2) is 11.0. The Balaban J connectivity index is 2.30. The monoisotopic (exact) mass is 375 g/mol. The zero-order valence-corrected chi connectivity index (χ0v) is 16.4. The van der Waals surface area contributed by atoms with Gasteiger partial charge in [-0.2, -0.15) is 0 Å². The van der Waals surface area contributed by atoms with E-state index in [0.29, 0.717) is 12.2 Å². The van der Waals surface area contributed by atoms with Crippen LogP contribution in [-0.2, 0) is 20.9 Å². The van der Waals surface area contributed by atoms with Gasteiger partial charge in [0.2, 0.25) is 11.8 Å². The van der Waals surface area contributed by atoms with Gasteiger partial charge in [0.25, 0.3) is 0 Å². The molecular weight excluding hydrogens is 346 g/mol. The van der Waals surface area contributed by atoms with Crippen LogP contribution in [-0.4, -0.2) is 30.1 Å². The highest BCUT2D eigenvalue weighted by Crippen LogP contribution is 2.10. The number of benzene rings is 1. The van der Waals surface area contributed by atoms with E-state index >= 15 is 0 Å². The van der Waals surface area contributed by atoms with Crippen molar-refractivity contribution in [2.24, 2.45) is 0 Å². The van der Waals surface area contributed by atoms with Gasteiger partial charge in [-0.15, -0.1) is 0 Å². The summed E-state index contributed by atoms with van der Waals surface area (Å²) in [5, 5.41) is 8.08. The van der Waals surface area contributed by atoms with Crippen molar-refractivity contribution in [1.29, 1.82) is 0 Å². The van der Waals surface area contributed by atoms with Crippen LogP contribution < -0.4 is 16.0 Å². The maximum absolute atomic E-state index is 11.8. The lowest BCUT2D eigenvalue weighted by atomic mass is 10.2. The summed E-state index contributed by atoms with van der Waals surface area (Å²) >= 11 is 0. The molecule has 0 atom stereocenters. The first-order chi connectivity index (χ1) is 12.7. The number of ether oxygens (including phenoxy) is 1. The molecule has 148 valence electrons. The van der Waals surface area contributed by atoms with E-state index < -0.39 is 11.7 Å². The minimum absolute atomic E-state index is 0.164. The molecule has 1 aromatic carbocycles. The largest absolute Gasteiger partial charge is 0.444 e. The summed E-state index contributed by atoms with van der Waals surface area (Å²) < 4.78 is 5.09. The number of allylic oxidation sites excluding steroid dienone is 1. The van der Waals surface area contributed by atoms with Crippen molar-refractivity contribution in [2.75, 3.05) is 11.9 Å². The van der Waals surface area contributed by atoms with Gasteiger partial charge in [-0.25, -0.2) is 4.79 Å². The Morgan fingerprint density at radius 3 is 2.33 bits per heavy atom. The maximum atomic E-state index is 11.8. The van der Waals surface area contributed by atoms with Crippen molar-refractivity contribution >= 4 is 23.6 Å². The first-order valence-corrected chi connectivity index (χ1v) is 8.99. The molecule has 3 N–H and O–H groups in total. The molecule has 0 aliphatic heterocycles. The molecule has 1 aromatic rings. The van der Waals surface area contributed by atoms with Crippen LogP contribution in [0.3, 0.4) is 0 Å². The highest BCUT2D eigenvalue weighted by Gasteiger charge is 2.15. The third-order valence-corrected chi connectivity index (χ3v) is 3.24. The molecule has 0 unspecified atom stereocenters. The molecule has 0 aliphatic carbocycles. The average Bonchev–Trinajstić information content (AvgIpc) is 2.57. The van der Waals surface area contributed by atoms with Crippen LogP contribution in [0.2, 0.25) is 0 Å². The number of rotatable bonds is 8. The van der Waals surface area contributed by atoms with E-state index in [4.69, 9.17) is 4.74 Å². The van der Waals surface area contributed by atoms with Crippen molar-refractivity contribution in [3.8, 4) is 0 Å². The second-order valence-electron chi connectivity index (χ2n) is 6.95. The van der Waals surface area contributed by atoms with Gasteiger partial charge in [0.05, 0.1) is 0 Å². The zero-order chi connectivity index (χ0) is 20.3. The summed E-state index contributed by atoms with van der Waals surface area (Å²) in [6.07, 6.45) is 3.72. The van der Waals surface area contributed by atoms with Gasteiger partial charge >= 0.3 is 6.09 Å². The summed E-state index contributed by atoms with van der Waals surface area (Å²) in [6.45, 7) is 7.86. The van der Waals surface area contributed by atoms with Gasteiger partial charge in [0.15, 0.2) is 0 Å². The lowest BCUT2D eigenvalue weighted by Crippen LogP contribution is -2.35. The molecule has 0 aromatic heterocycles. The lowest BCUT2D eigenvalue weighted by molar-refractivity contribution is -0.121. The SMILES string of the molecule is CC/C=C/C(=O)Nc1ccc(CNC(=O)CCNC(=O)OC(C)(C)C)cc1. The second-order valence-corrected chi connectivity index (χ2v) is 6.95. The minimum Gasteiger partial charge on any atom is -0.444 e. The number of carbonyl (C=O) groups is 3. The maximum Gasteiger partial charge on any atom is 0.407 e. The summed E-state index contributed by atoms with van der Waals surface area (Å²) in [6, 6.07) is 7.23. The van der Waals surface area contributed by atoms with Gasteiger partial charge in [-0.3, -0.25) is 9.59 Å². The van der Waals surface area contributed by atoms with E-state index in [0.717, 1.165) is 12.0 Å². The Morgan fingerprint density at radius 1 is 1.07 bits per heavy atom. The number of anilines is 1. The van der Waals surface area contributed by atoms with Crippen LogP contribution in [0.1, 0.15) is 46.1 Å². The molecule has 1 rings (SSSR count). The fourth-order valence-electron chi connectivity index (χ4n) is 2.00.